The Morgan fingerprint density at radius 3 is 2.84 bits per heavy atom. The van der Waals surface area contributed by atoms with Gasteiger partial charge in [0, 0.05) is 19.1 Å². The fourth-order valence-corrected chi connectivity index (χ4v) is 2.95. The molecule has 1 aliphatic rings. The molecule has 1 aliphatic heterocycles. The van der Waals surface area contributed by atoms with Gasteiger partial charge in [-0.15, -0.1) is 0 Å². The van der Waals surface area contributed by atoms with Crippen LogP contribution in [0.5, 0.6) is 0 Å². The van der Waals surface area contributed by atoms with Crippen molar-refractivity contribution in [2.24, 2.45) is 5.73 Å². The van der Waals surface area contributed by atoms with E-state index < -0.39 is 0 Å². The average Bonchev–Trinajstić information content (AvgIpc) is 2.26. The van der Waals surface area contributed by atoms with Crippen molar-refractivity contribution in [3.05, 3.63) is 28.8 Å². The molecule has 1 fully saturated rings. The predicted octanol–water partition coefficient (Wildman–Crippen LogP) is 2.84. The Bertz CT molecular complexity index is 446. The van der Waals surface area contributed by atoms with E-state index in [-0.39, 0.29) is 11.6 Å². The topological polar surface area (TPSA) is 38.5 Å². The van der Waals surface area contributed by atoms with Gasteiger partial charge in [0.1, 0.15) is 0 Å². The van der Waals surface area contributed by atoms with Gasteiger partial charge in [0.15, 0.2) is 0 Å². The highest BCUT2D eigenvalue weighted by atomic mass is 35.5. The Kier molecular flexibility index (Phi) is 4.39. The van der Waals surface area contributed by atoms with Gasteiger partial charge in [-0.05, 0) is 38.8 Å². The number of hydrogen-bond donors (Lipinski definition) is 1. The lowest BCUT2D eigenvalue weighted by molar-refractivity contribution is -0.0277. The van der Waals surface area contributed by atoms with Crippen molar-refractivity contribution in [1.82, 2.24) is 0 Å². The van der Waals surface area contributed by atoms with Crippen LogP contribution < -0.4 is 10.6 Å². The predicted molar refractivity (Wildman–Crippen MR) is 81.0 cm³/mol. The lowest BCUT2D eigenvalue weighted by Crippen LogP contribution is -2.48. The number of morpholine rings is 1. The van der Waals surface area contributed by atoms with Crippen molar-refractivity contribution in [2.45, 2.75) is 38.8 Å². The summed E-state index contributed by atoms with van der Waals surface area (Å²) in [5.74, 6) is 0. The third-order valence-electron chi connectivity index (χ3n) is 3.35. The molecule has 4 heteroatoms. The van der Waals surface area contributed by atoms with E-state index in [2.05, 4.69) is 24.8 Å². The molecule has 0 aromatic heterocycles. The van der Waals surface area contributed by atoms with E-state index >= 15 is 0 Å². The van der Waals surface area contributed by atoms with Gasteiger partial charge >= 0.3 is 0 Å². The van der Waals surface area contributed by atoms with Crippen molar-refractivity contribution < 1.29 is 4.74 Å². The van der Waals surface area contributed by atoms with Crippen LogP contribution in [-0.2, 0) is 11.2 Å². The molecule has 106 valence electrons. The molecule has 3 nitrogen and oxygen atoms in total. The summed E-state index contributed by atoms with van der Waals surface area (Å²) < 4.78 is 5.77. The summed E-state index contributed by atoms with van der Waals surface area (Å²) in [6.45, 7) is 8.70. The molecule has 0 aliphatic carbocycles. The van der Waals surface area contributed by atoms with Gasteiger partial charge in [-0.25, -0.2) is 0 Å². The van der Waals surface area contributed by atoms with Crippen molar-refractivity contribution in [3.63, 3.8) is 0 Å². The monoisotopic (exact) mass is 282 g/mol. The van der Waals surface area contributed by atoms with Crippen LogP contribution >= 0.6 is 11.6 Å². The number of para-hydroxylation sites is 1. The third-order valence-corrected chi connectivity index (χ3v) is 3.66. The molecule has 1 aromatic rings. The molecule has 1 atom stereocenters. The molecule has 0 saturated carbocycles. The quantitative estimate of drug-likeness (QED) is 0.926. The molecule has 1 unspecified atom stereocenters. The minimum absolute atomic E-state index is 0.131. The van der Waals surface area contributed by atoms with Gasteiger partial charge in [-0.3, -0.25) is 0 Å². The van der Waals surface area contributed by atoms with Crippen molar-refractivity contribution >= 4 is 17.3 Å². The summed E-state index contributed by atoms with van der Waals surface area (Å²) in [4.78, 5) is 2.32. The lowest BCUT2D eigenvalue weighted by Gasteiger charge is -2.40. The van der Waals surface area contributed by atoms with E-state index in [0.717, 1.165) is 36.8 Å². The Morgan fingerprint density at radius 2 is 2.21 bits per heavy atom. The average molecular weight is 283 g/mol. The fourth-order valence-electron chi connectivity index (χ4n) is 2.63. The van der Waals surface area contributed by atoms with Crippen LogP contribution in [0.25, 0.3) is 0 Å². The summed E-state index contributed by atoms with van der Waals surface area (Å²) in [7, 11) is 0. The molecule has 0 radical (unpaired) electrons. The normalized spacial score (nSPS) is 20.4. The Morgan fingerprint density at radius 1 is 1.47 bits per heavy atom. The molecule has 1 saturated heterocycles. The standard InChI is InChI=1S/C15H23ClN2O/c1-11(17)9-12-5-4-6-13(16)14(12)18-7-8-19-15(2,3)10-18/h4-6,11H,7-10,17H2,1-3H3. The summed E-state index contributed by atoms with van der Waals surface area (Å²) in [6.07, 6.45) is 0.841. The highest BCUT2D eigenvalue weighted by Crippen LogP contribution is 2.33. The second-order valence-electron chi connectivity index (χ2n) is 5.96. The van der Waals surface area contributed by atoms with Gasteiger partial charge in [-0.2, -0.15) is 0 Å². The number of halogens is 1. The first kappa shape index (κ1) is 14.6. The smallest absolute Gasteiger partial charge is 0.0801 e. The molecule has 19 heavy (non-hydrogen) atoms. The molecule has 2 rings (SSSR count). The molecular formula is C15H23ClN2O. The largest absolute Gasteiger partial charge is 0.372 e. The zero-order valence-electron chi connectivity index (χ0n) is 11.9. The minimum Gasteiger partial charge on any atom is -0.372 e. The maximum absolute atomic E-state index is 6.42. The summed E-state index contributed by atoms with van der Waals surface area (Å²) in [5.41, 5.74) is 8.15. The Labute approximate surface area is 120 Å². The van der Waals surface area contributed by atoms with Gasteiger partial charge in [0.2, 0.25) is 0 Å². The van der Waals surface area contributed by atoms with Gasteiger partial charge < -0.3 is 15.4 Å². The molecule has 0 amide bonds. The summed E-state index contributed by atoms with van der Waals surface area (Å²) in [5, 5.41) is 0.802. The molecule has 1 aromatic carbocycles. The number of hydrogen-bond acceptors (Lipinski definition) is 3. The first-order chi connectivity index (χ1) is 8.89. The Hall–Kier alpha value is -0.770. The second kappa shape index (κ2) is 5.70. The first-order valence-corrected chi connectivity index (χ1v) is 7.19. The zero-order chi connectivity index (χ0) is 14.0. The third kappa shape index (κ3) is 3.62. The van der Waals surface area contributed by atoms with Gasteiger partial charge in [-0.1, -0.05) is 23.7 Å². The maximum atomic E-state index is 6.42. The Balaban J connectivity index is 2.32. The molecule has 0 bridgehead atoms. The second-order valence-corrected chi connectivity index (χ2v) is 6.37. The number of nitrogens with two attached hydrogens (primary N) is 1. The first-order valence-electron chi connectivity index (χ1n) is 6.81. The number of anilines is 1. The van der Waals surface area contributed by atoms with Crippen molar-refractivity contribution in [3.8, 4) is 0 Å². The summed E-state index contributed by atoms with van der Waals surface area (Å²) >= 11 is 6.42. The number of rotatable bonds is 3. The van der Waals surface area contributed by atoms with Crippen LogP contribution in [0.1, 0.15) is 26.3 Å². The van der Waals surface area contributed by atoms with Crippen LogP contribution in [-0.4, -0.2) is 31.3 Å². The van der Waals surface area contributed by atoms with E-state index in [1.165, 1.54) is 5.56 Å². The zero-order valence-corrected chi connectivity index (χ0v) is 12.7. The van der Waals surface area contributed by atoms with Crippen LogP contribution in [0.3, 0.4) is 0 Å². The van der Waals surface area contributed by atoms with Crippen LogP contribution in [0.2, 0.25) is 5.02 Å². The van der Waals surface area contributed by atoms with Crippen LogP contribution in [0.4, 0.5) is 5.69 Å². The van der Waals surface area contributed by atoms with Crippen LogP contribution in [0, 0.1) is 0 Å². The van der Waals surface area contributed by atoms with Crippen molar-refractivity contribution in [2.75, 3.05) is 24.6 Å². The maximum Gasteiger partial charge on any atom is 0.0801 e. The van der Waals surface area contributed by atoms with E-state index in [9.17, 15) is 0 Å². The van der Waals surface area contributed by atoms with Gasteiger partial charge in [0.25, 0.3) is 0 Å². The van der Waals surface area contributed by atoms with Gasteiger partial charge in [0.05, 0.1) is 22.9 Å². The fraction of sp³-hybridized carbons (Fsp3) is 0.600. The highest BCUT2D eigenvalue weighted by molar-refractivity contribution is 6.33. The minimum atomic E-state index is -0.136. The molecular weight excluding hydrogens is 260 g/mol. The molecule has 2 N–H and O–H groups in total. The van der Waals surface area contributed by atoms with E-state index in [0.29, 0.717) is 0 Å². The van der Waals surface area contributed by atoms with E-state index in [4.69, 9.17) is 22.1 Å². The number of ether oxygens (including phenoxy) is 1. The number of benzene rings is 1. The number of nitrogens with zero attached hydrogens (tertiary/aromatic N) is 1. The highest BCUT2D eigenvalue weighted by Gasteiger charge is 2.29. The van der Waals surface area contributed by atoms with Crippen molar-refractivity contribution in [1.29, 1.82) is 0 Å². The summed E-state index contributed by atoms with van der Waals surface area (Å²) in [6, 6.07) is 6.19. The molecule has 0 spiro atoms. The molecule has 1 heterocycles. The lowest BCUT2D eigenvalue weighted by atomic mass is 10.0. The van der Waals surface area contributed by atoms with E-state index in [1.807, 2.05) is 19.1 Å². The van der Waals surface area contributed by atoms with E-state index in [1.54, 1.807) is 0 Å². The van der Waals surface area contributed by atoms with Crippen LogP contribution in [0.15, 0.2) is 18.2 Å². The SMILES string of the molecule is CC(N)Cc1cccc(Cl)c1N1CCOC(C)(C)C1.